The quantitative estimate of drug-likeness (QED) is 0.676. The van der Waals surface area contributed by atoms with Gasteiger partial charge in [0.25, 0.3) is 0 Å². The van der Waals surface area contributed by atoms with Crippen molar-refractivity contribution in [1.29, 1.82) is 0 Å². The molecule has 0 saturated heterocycles. The number of ether oxygens (including phenoxy) is 1. The van der Waals surface area contributed by atoms with E-state index in [1.807, 2.05) is 18.2 Å². The average molecular weight is 293 g/mol. The zero-order chi connectivity index (χ0) is 13.9. The van der Waals surface area contributed by atoms with Crippen LogP contribution in [0, 0.1) is 0 Å². The maximum absolute atomic E-state index is 5.98. The maximum Gasteiger partial charge on any atom is 0.228 e. The van der Waals surface area contributed by atoms with Crippen LogP contribution < -0.4 is 4.74 Å². The van der Waals surface area contributed by atoms with E-state index in [1.54, 1.807) is 7.11 Å². The van der Waals surface area contributed by atoms with Crippen molar-refractivity contribution in [3.63, 3.8) is 0 Å². The topological polar surface area (TPSA) is 66.0 Å². The summed E-state index contributed by atoms with van der Waals surface area (Å²) in [5, 5.41) is 3.60. The molecular formula is C13H13ClN4O2. The van der Waals surface area contributed by atoms with Crippen LogP contribution in [0.25, 0.3) is 11.0 Å². The highest BCUT2D eigenvalue weighted by molar-refractivity contribution is 6.16. The van der Waals surface area contributed by atoms with Crippen molar-refractivity contribution < 1.29 is 9.26 Å². The molecule has 0 spiro atoms. The Morgan fingerprint density at radius 2 is 2.30 bits per heavy atom. The van der Waals surface area contributed by atoms with Crippen molar-refractivity contribution in [2.24, 2.45) is 0 Å². The SMILES string of the molecule is COc1cccc2c1nc(CCl)n2CCc1ncno1. The Morgan fingerprint density at radius 1 is 1.40 bits per heavy atom. The van der Waals surface area contributed by atoms with Gasteiger partial charge in [0.05, 0.1) is 18.5 Å². The molecule has 3 rings (SSSR count). The summed E-state index contributed by atoms with van der Waals surface area (Å²) in [6.45, 7) is 0.675. The van der Waals surface area contributed by atoms with E-state index >= 15 is 0 Å². The second kappa shape index (κ2) is 5.50. The fourth-order valence-corrected chi connectivity index (χ4v) is 2.40. The summed E-state index contributed by atoms with van der Waals surface area (Å²) in [6.07, 6.45) is 2.03. The van der Waals surface area contributed by atoms with E-state index in [0.29, 0.717) is 24.7 Å². The first kappa shape index (κ1) is 12.9. The van der Waals surface area contributed by atoms with E-state index in [-0.39, 0.29) is 0 Å². The molecule has 2 heterocycles. The number of aryl methyl sites for hydroxylation is 2. The number of methoxy groups -OCH3 is 1. The number of alkyl halides is 1. The zero-order valence-electron chi connectivity index (χ0n) is 10.9. The second-order valence-electron chi connectivity index (χ2n) is 4.23. The summed E-state index contributed by atoms with van der Waals surface area (Å²) >= 11 is 5.98. The zero-order valence-corrected chi connectivity index (χ0v) is 11.7. The molecule has 20 heavy (non-hydrogen) atoms. The van der Waals surface area contributed by atoms with Crippen molar-refractivity contribution in [3.8, 4) is 5.75 Å². The third-order valence-corrected chi connectivity index (χ3v) is 3.36. The Hall–Kier alpha value is -2.08. The summed E-state index contributed by atoms with van der Waals surface area (Å²) in [4.78, 5) is 8.56. The lowest BCUT2D eigenvalue weighted by Crippen LogP contribution is -2.05. The molecule has 6 nitrogen and oxygen atoms in total. The largest absolute Gasteiger partial charge is 0.494 e. The number of rotatable bonds is 5. The molecule has 104 valence electrons. The third kappa shape index (κ3) is 2.22. The van der Waals surface area contributed by atoms with Gasteiger partial charge in [0, 0.05) is 13.0 Å². The van der Waals surface area contributed by atoms with Crippen LogP contribution in [0.5, 0.6) is 5.75 Å². The molecular weight excluding hydrogens is 280 g/mol. The van der Waals surface area contributed by atoms with Crippen LogP contribution in [0.4, 0.5) is 0 Å². The van der Waals surface area contributed by atoms with Gasteiger partial charge in [0.2, 0.25) is 5.89 Å². The molecule has 0 saturated carbocycles. The van der Waals surface area contributed by atoms with E-state index in [1.165, 1.54) is 6.33 Å². The number of fused-ring (bicyclic) bond motifs is 1. The second-order valence-corrected chi connectivity index (χ2v) is 4.49. The van der Waals surface area contributed by atoms with Crippen LogP contribution in [-0.4, -0.2) is 26.8 Å². The highest BCUT2D eigenvalue weighted by Gasteiger charge is 2.14. The van der Waals surface area contributed by atoms with Gasteiger partial charge in [-0.05, 0) is 12.1 Å². The Labute approximate surface area is 120 Å². The Kier molecular flexibility index (Phi) is 3.56. The van der Waals surface area contributed by atoms with Crippen molar-refractivity contribution in [1.82, 2.24) is 19.7 Å². The van der Waals surface area contributed by atoms with Crippen molar-refractivity contribution >= 4 is 22.6 Å². The summed E-state index contributed by atoms with van der Waals surface area (Å²) in [7, 11) is 1.63. The predicted molar refractivity (Wildman–Crippen MR) is 73.8 cm³/mol. The molecule has 0 aliphatic heterocycles. The highest BCUT2D eigenvalue weighted by Crippen LogP contribution is 2.26. The van der Waals surface area contributed by atoms with Gasteiger partial charge in [0.15, 0.2) is 6.33 Å². The van der Waals surface area contributed by atoms with Crippen LogP contribution >= 0.6 is 11.6 Å². The molecule has 0 N–H and O–H groups in total. The van der Waals surface area contributed by atoms with Gasteiger partial charge in [-0.25, -0.2) is 4.98 Å². The minimum atomic E-state index is 0.335. The summed E-state index contributed by atoms with van der Waals surface area (Å²) in [5.74, 6) is 2.47. The molecule has 0 aliphatic rings. The van der Waals surface area contributed by atoms with E-state index < -0.39 is 0 Å². The van der Waals surface area contributed by atoms with E-state index in [2.05, 4.69) is 19.7 Å². The first-order chi connectivity index (χ1) is 9.83. The fourth-order valence-electron chi connectivity index (χ4n) is 2.20. The normalized spacial score (nSPS) is 11.1. The lowest BCUT2D eigenvalue weighted by atomic mass is 10.3. The number of nitrogens with zero attached hydrogens (tertiary/aromatic N) is 4. The first-order valence-electron chi connectivity index (χ1n) is 6.17. The van der Waals surface area contributed by atoms with Gasteiger partial charge in [-0.1, -0.05) is 11.2 Å². The standard InChI is InChI=1S/C13H13ClN4O2/c1-19-10-4-2-3-9-13(10)17-11(7-14)18(9)6-5-12-15-8-16-20-12/h2-4,8H,5-7H2,1H3. The van der Waals surface area contributed by atoms with Gasteiger partial charge in [-0.3, -0.25) is 0 Å². The molecule has 0 bridgehead atoms. The van der Waals surface area contributed by atoms with Gasteiger partial charge in [-0.15, -0.1) is 11.6 Å². The van der Waals surface area contributed by atoms with Crippen molar-refractivity contribution in [3.05, 3.63) is 36.2 Å². The lowest BCUT2D eigenvalue weighted by Gasteiger charge is -2.06. The Bertz CT molecular complexity index is 709. The number of para-hydroxylation sites is 1. The highest BCUT2D eigenvalue weighted by atomic mass is 35.5. The number of imidazole rings is 1. The smallest absolute Gasteiger partial charge is 0.228 e. The summed E-state index contributed by atoms with van der Waals surface area (Å²) in [5.41, 5.74) is 1.80. The lowest BCUT2D eigenvalue weighted by molar-refractivity contribution is 0.371. The Morgan fingerprint density at radius 3 is 3.00 bits per heavy atom. The number of halogens is 1. The molecule has 2 aromatic heterocycles. The third-order valence-electron chi connectivity index (χ3n) is 3.12. The van der Waals surface area contributed by atoms with E-state index in [9.17, 15) is 0 Å². The van der Waals surface area contributed by atoms with Gasteiger partial charge >= 0.3 is 0 Å². The summed E-state index contributed by atoms with van der Waals surface area (Å²) in [6, 6.07) is 5.81. The number of hydrogen-bond donors (Lipinski definition) is 0. The molecule has 0 fully saturated rings. The van der Waals surface area contributed by atoms with Crippen LogP contribution in [0.3, 0.4) is 0 Å². The predicted octanol–water partition coefficient (Wildman–Crippen LogP) is 2.41. The van der Waals surface area contributed by atoms with Crippen LogP contribution in [-0.2, 0) is 18.8 Å². The molecule has 0 amide bonds. The molecule has 0 aliphatic carbocycles. The number of hydrogen-bond acceptors (Lipinski definition) is 5. The van der Waals surface area contributed by atoms with Crippen LogP contribution in [0.2, 0.25) is 0 Å². The molecule has 0 unspecified atom stereocenters. The van der Waals surface area contributed by atoms with Gasteiger partial charge in [-0.2, -0.15) is 4.98 Å². The average Bonchev–Trinajstić information content (AvgIpc) is 3.11. The fraction of sp³-hybridized carbons (Fsp3) is 0.308. The first-order valence-corrected chi connectivity index (χ1v) is 6.70. The van der Waals surface area contributed by atoms with Crippen molar-refractivity contribution in [2.45, 2.75) is 18.8 Å². The molecule has 0 radical (unpaired) electrons. The summed E-state index contributed by atoms with van der Waals surface area (Å²) < 4.78 is 12.4. The van der Waals surface area contributed by atoms with Crippen molar-refractivity contribution in [2.75, 3.05) is 7.11 Å². The van der Waals surface area contributed by atoms with Gasteiger partial charge in [0.1, 0.15) is 17.1 Å². The molecule has 3 aromatic rings. The van der Waals surface area contributed by atoms with E-state index in [0.717, 1.165) is 22.6 Å². The number of aromatic nitrogens is 4. The monoisotopic (exact) mass is 292 g/mol. The molecule has 7 heteroatoms. The minimum Gasteiger partial charge on any atom is -0.494 e. The van der Waals surface area contributed by atoms with Crippen LogP contribution in [0.15, 0.2) is 29.0 Å². The van der Waals surface area contributed by atoms with Crippen LogP contribution in [0.1, 0.15) is 11.7 Å². The maximum atomic E-state index is 5.98. The molecule has 1 aromatic carbocycles. The Balaban J connectivity index is 1.99. The van der Waals surface area contributed by atoms with E-state index in [4.69, 9.17) is 20.9 Å². The van der Waals surface area contributed by atoms with Gasteiger partial charge < -0.3 is 13.8 Å². The minimum absolute atomic E-state index is 0.335. The number of benzene rings is 1. The molecule has 0 atom stereocenters.